The molecule has 0 aliphatic heterocycles. The zero-order valence-corrected chi connectivity index (χ0v) is 15.2. The third-order valence-corrected chi connectivity index (χ3v) is 6.59. The van der Waals surface area contributed by atoms with Crippen molar-refractivity contribution in [3.05, 3.63) is 65.5 Å². The third kappa shape index (κ3) is 3.60. The Labute approximate surface area is 145 Å². The maximum atomic E-state index is 2.31. The molecule has 0 amide bonds. The van der Waals surface area contributed by atoms with Crippen molar-refractivity contribution in [3.8, 4) is 11.1 Å². The van der Waals surface area contributed by atoms with Crippen LogP contribution in [0.5, 0.6) is 0 Å². The van der Waals surface area contributed by atoms with Crippen molar-refractivity contribution >= 4 is 34.9 Å². The molecule has 0 spiro atoms. The number of benzene rings is 2. The molecule has 0 N–H and O–H groups in total. The van der Waals surface area contributed by atoms with Crippen LogP contribution in [0.4, 0.5) is 0 Å². The number of thiophene rings is 1. The Bertz CT molecular complexity index is 744. The first-order valence-electron chi connectivity index (χ1n) is 7.30. The van der Waals surface area contributed by atoms with Gasteiger partial charge in [-0.25, -0.2) is 0 Å². The number of hydrogen-bond acceptors (Lipinski definition) is 3. The van der Waals surface area contributed by atoms with Crippen LogP contribution in [0, 0.1) is 0 Å². The highest BCUT2D eigenvalue weighted by atomic mass is 32.2. The van der Waals surface area contributed by atoms with Crippen LogP contribution in [0.2, 0.25) is 0 Å². The normalized spacial score (nSPS) is 10.8. The molecular weight excluding hydrogens is 324 g/mol. The molecule has 22 heavy (non-hydrogen) atoms. The Hall–Kier alpha value is -1.16. The lowest BCUT2D eigenvalue weighted by Gasteiger charge is -2.09. The molecule has 0 saturated carbocycles. The summed E-state index contributed by atoms with van der Waals surface area (Å²) in [5.41, 5.74) is 2.60. The monoisotopic (exact) mass is 342 g/mol. The van der Waals surface area contributed by atoms with E-state index in [0.29, 0.717) is 0 Å². The van der Waals surface area contributed by atoms with Crippen LogP contribution in [0.15, 0.2) is 74.7 Å². The van der Waals surface area contributed by atoms with Crippen LogP contribution in [-0.4, -0.2) is 6.26 Å². The summed E-state index contributed by atoms with van der Waals surface area (Å²) in [6.07, 6.45) is 3.27. The van der Waals surface area contributed by atoms with Crippen LogP contribution >= 0.6 is 34.9 Å². The van der Waals surface area contributed by atoms with Gasteiger partial charge in [0.25, 0.3) is 0 Å². The first-order valence-corrected chi connectivity index (χ1v) is 10.2. The Morgan fingerprint density at radius 1 is 0.955 bits per heavy atom. The highest BCUT2D eigenvalue weighted by Crippen LogP contribution is 2.38. The molecule has 0 aliphatic rings. The quantitative estimate of drug-likeness (QED) is 0.465. The highest BCUT2D eigenvalue weighted by Gasteiger charge is 2.07. The van der Waals surface area contributed by atoms with Crippen molar-refractivity contribution in [2.24, 2.45) is 0 Å². The molecule has 0 aliphatic carbocycles. The standard InChI is InChI=1S/C19H18S3/c1-3-15-10-12-19(21-15)22-16-9-11-17(18(13-16)20-2)14-7-5-4-6-8-14/h4-13H,3H2,1-2H3. The third-order valence-electron chi connectivity index (χ3n) is 3.46. The number of aryl methyl sites for hydroxylation is 1. The van der Waals surface area contributed by atoms with E-state index in [1.807, 2.05) is 34.9 Å². The minimum Gasteiger partial charge on any atom is -0.134 e. The van der Waals surface area contributed by atoms with E-state index in [4.69, 9.17) is 0 Å². The van der Waals surface area contributed by atoms with Gasteiger partial charge in [0.1, 0.15) is 0 Å². The van der Waals surface area contributed by atoms with Gasteiger partial charge in [-0.05, 0) is 48.1 Å². The Morgan fingerprint density at radius 3 is 2.45 bits per heavy atom. The molecule has 0 saturated heterocycles. The first kappa shape index (κ1) is 15.7. The topological polar surface area (TPSA) is 0 Å². The van der Waals surface area contributed by atoms with Crippen molar-refractivity contribution in [3.63, 3.8) is 0 Å². The molecule has 1 heterocycles. The average Bonchev–Trinajstić information content (AvgIpc) is 3.03. The van der Waals surface area contributed by atoms with Gasteiger partial charge in [-0.3, -0.25) is 0 Å². The van der Waals surface area contributed by atoms with Crippen molar-refractivity contribution in [1.29, 1.82) is 0 Å². The summed E-state index contributed by atoms with van der Waals surface area (Å²) in [5.74, 6) is 0. The fraction of sp³-hybridized carbons (Fsp3) is 0.158. The lowest BCUT2D eigenvalue weighted by atomic mass is 10.1. The van der Waals surface area contributed by atoms with Gasteiger partial charge < -0.3 is 0 Å². The lowest BCUT2D eigenvalue weighted by molar-refractivity contribution is 1.19. The summed E-state index contributed by atoms with van der Waals surface area (Å²) in [5, 5.41) is 0. The van der Waals surface area contributed by atoms with E-state index in [-0.39, 0.29) is 0 Å². The molecule has 0 unspecified atom stereocenters. The molecule has 0 bridgehead atoms. The number of hydrogen-bond donors (Lipinski definition) is 0. The molecule has 0 atom stereocenters. The number of thioether (sulfide) groups is 1. The van der Waals surface area contributed by atoms with Crippen LogP contribution in [0.25, 0.3) is 11.1 Å². The predicted molar refractivity (Wildman–Crippen MR) is 101 cm³/mol. The zero-order chi connectivity index (χ0) is 15.4. The number of rotatable bonds is 5. The van der Waals surface area contributed by atoms with E-state index in [2.05, 4.69) is 73.8 Å². The van der Waals surface area contributed by atoms with E-state index < -0.39 is 0 Å². The van der Waals surface area contributed by atoms with E-state index >= 15 is 0 Å². The molecule has 3 heteroatoms. The van der Waals surface area contributed by atoms with Crippen molar-refractivity contribution < 1.29 is 0 Å². The second kappa shape index (κ2) is 7.40. The molecule has 1 aromatic heterocycles. The van der Waals surface area contributed by atoms with E-state index in [1.165, 1.54) is 30.0 Å². The SMILES string of the molecule is CCc1ccc(Sc2ccc(-c3ccccc3)c(SC)c2)s1. The Balaban J connectivity index is 1.88. The highest BCUT2D eigenvalue weighted by molar-refractivity contribution is 8.01. The Kier molecular flexibility index (Phi) is 5.29. The van der Waals surface area contributed by atoms with Gasteiger partial charge in [0, 0.05) is 14.7 Å². The Morgan fingerprint density at radius 2 is 1.77 bits per heavy atom. The van der Waals surface area contributed by atoms with Gasteiger partial charge in [0.2, 0.25) is 0 Å². The molecule has 0 fully saturated rings. The fourth-order valence-electron chi connectivity index (χ4n) is 2.31. The molecule has 2 aromatic carbocycles. The molecule has 112 valence electrons. The van der Waals surface area contributed by atoms with Gasteiger partial charge in [0.05, 0.1) is 4.21 Å². The molecule has 0 radical (unpaired) electrons. The molecule has 3 aromatic rings. The maximum Gasteiger partial charge on any atom is 0.0649 e. The van der Waals surface area contributed by atoms with Crippen LogP contribution < -0.4 is 0 Å². The van der Waals surface area contributed by atoms with Crippen molar-refractivity contribution in [2.75, 3.05) is 6.26 Å². The summed E-state index contributed by atoms with van der Waals surface area (Å²) >= 11 is 5.58. The average molecular weight is 343 g/mol. The minimum absolute atomic E-state index is 1.12. The van der Waals surface area contributed by atoms with Crippen LogP contribution in [0.3, 0.4) is 0 Å². The first-order chi connectivity index (χ1) is 10.8. The van der Waals surface area contributed by atoms with Crippen LogP contribution in [-0.2, 0) is 6.42 Å². The smallest absolute Gasteiger partial charge is 0.0649 e. The fourth-order valence-corrected chi connectivity index (χ4v) is 5.17. The zero-order valence-electron chi connectivity index (χ0n) is 12.7. The van der Waals surface area contributed by atoms with Crippen LogP contribution in [0.1, 0.15) is 11.8 Å². The molecular formula is C19H18S3. The summed E-state index contributed by atoms with van der Waals surface area (Å²) in [4.78, 5) is 4.10. The summed E-state index contributed by atoms with van der Waals surface area (Å²) in [6, 6.07) is 21.9. The molecule has 3 rings (SSSR count). The van der Waals surface area contributed by atoms with Crippen molar-refractivity contribution in [1.82, 2.24) is 0 Å². The van der Waals surface area contributed by atoms with Gasteiger partial charge >= 0.3 is 0 Å². The second-order valence-electron chi connectivity index (χ2n) is 4.90. The summed E-state index contributed by atoms with van der Waals surface area (Å²) in [6.45, 7) is 2.21. The largest absolute Gasteiger partial charge is 0.134 e. The summed E-state index contributed by atoms with van der Waals surface area (Å²) < 4.78 is 1.37. The lowest BCUT2D eigenvalue weighted by Crippen LogP contribution is -1.83. The van der Waals surface area contributed by atoms with Gasteiger partial charge in [-0.1, -0.05) is 55.1 Å². The van der Waals surface area contributed by atoms with Gasteiger partial charge in [0.15, 0.2) is 0 Å². The second-order valence-corrected chi connectivity index (χ2v) is 8.29. The van der Waals surface area contributed by atoms with Crippen molar-refractivity contribution in [2.45, 2.75) is 27.3 Å². The predicted octanol–water partition coefficient (Wildman–Crippen LogP) is 6.85. The van der Waals surface area contributed by atoms with E-state index in [0.717, 1.165) is 6.42 Å². The van der Waals surface area contributed by atoms with Gasteiger partial charge in [-0.15, -0.1) is 23.1 Å². The van der Waals surface area contributed by atoms with Gasteiger partial charge in [-0.2, -0.15) is 0 Å². The summed E-state index contributed by atoms with van der Waals surface area (Å²) in [7, 11) is 0. The van der Waals surface area contributed by atoms with E-state index in [1.54, 1.807) is 0 Å². The minimum atomic E-state index is 1.12. The van der Waals surface area contributed by atoms with E-state index in [9.17, 15) is 0 Å². The maximum absolute atomic E-state index is 2.31. The molecule has 0 nitrogen and oxygen atoms in total.